The van der Waals surface area contributed by atoms with Gasteiger partial charge in [0, 0.05) is 12.4 Å². The highest BCUT2D eigenvalue weighted by atomic mass is 32.2. The number of hydrogen-bond acceptors (Lipinski definition) is 3. The van der Waals surface area contributed by atoms with Crippen molar-refractivity contribution >= 4 is 31.2 Å². The molecule has 3 aromatic carbocycles. The van der Waals surface area contributed by atoms with Crippen molar-refractivity contribution < 1.29 is 4.43 Å². The van der Waals surface area contributed by atoms with Crippen molar-refractivity contribution in [3.05, 3.63) is 96.1 Å². The lowest BCUT2D eigenvalue weighted by Gasteiger charge is -2.23. The smallest absolute Gasteiger partial charge is 0.282 e. The van der Waals surface area contributed by atoms with Crippen LogP contribution in [0.2, 0.25) is 0 Å². The first-order valence-electron chi connectivity index (χ1n) is 11.4. The molecule has 169 valence electrons. The highest BCUT2D eigenvalue weighted by Gasteiger charge is 2.22. The van der Waals surface area contributed by atoms with Gasteiger partial charge in [-0.2, -0.15) is 11.8 Å². The number of rotatable bonds is 11. The molecule has 0 heterocycles. The van der Waals surface area contributed by atoms with E-state index in [2.05, 4.69) is 106 Å². The van der Waals surface area contributed by atoms with Crippen LogP contribution < -0.4 is 16.1 Å². The molecule has 0 spiro atoms. The van der Waals surface area contributed by atoms with Crippen molar-refractivity contribution in [2.75, 3.05) is 18.9 Å². The molecule has 2 nitrogen and oxygen atoms in total. The molecule has 0 aliphatic heterocycles. The Morgan fingerprint density at radius 2 is 1.44 bits per heavy atom. The Balaban J connectivity index is 1.68. The van der Waals surface area contributed by atoms with Crippen molar-refractivity contribution in [3.8, 4) is 0 Å². The minimum absolute atomic E-state index is 0.154. The Morgan fingerprint density at radius 3 is 2.03 bits per heavy atom. The van der Waals surface area contributed by atoms with Crippen LogP contribution in [0.1, 0.15) is 38.3 Å². The maximum atomic E-state index is 6.69. The zero-order valence-corrected chi connectivity index (χ0v) is 21.4. The van der Waals surface area contributed by atoms with E-state index in [0.29, 0.717) is 12.5 Å². The maximum absolute atomic E-state index is 6.69. The molecule has 32 heavy (non-hydrogen) atoms. The van der Waals surface area contributed by atoms with Crippen LogP contribution >= 0.6 is 11.8 Å². The number of nitrogens with two attached hydrogens (primary N) is 1. The quantitative estimate of drug-likeness (QED) is 0.407. The highest BCUT2D eigenvalue weighted by Crippen LogP contribution is 2.21. The van der Waals surface area contributed by atoms with E-state index in [4.69, 9.17) is 10.2 Å². The van der Waals surface area contributed by atoms with Crippen LogP contribution in [0.4, 0.5) is 0 Å². The molecule has 2 N–H and O–H groups in total. The van der Waals surface area contributed by atoms with Crippen molar-refractivity contribution in [2.24, 2.45) is 11.7 Å². The molecule has 1 unspecified atom stereocenters. The van der Waals surface area contributed by atoms with Crippen LogP contribution in [0.5, 0.6) is 0 Å². The lowest BCUT2D eigenvalue weighted by molar-refractivity contribution is 0.266. The van der Waals surface area contributed by atoms with Gasteiger partial charge in [0.15, 0.2) is 0 Å². The summed E-state index contributed by atoms with van der Waals surface area (Å²) >= 11 is 1.98. The standard InChI is InChI=1S/C28H36NOSSi/c1-28(2,3)25-14-16-27(17-15-25)32(26-12-8-5-9-13-26)30-20-24(18-19-29)22-31-21-23-10-6-4-7-11-23/h4-17,24H,18-22,29H2,1-3H3. The monoisotopic (exact) mass is 462 g/mol. The normalized spacial score (nSPS) is 12.8. The molecular weight excluding hydrogens is 426 g/mol. The summed E-state index contributed by atoms with van der Waals surface area (Å²) in [5.41, 5.74) is 8.82. The van der Waals surface area contributed by atoms with Crippen LogP contribution in [-0.2, 0) is 15.6 Å². The zero-order valence-electron chi connectivity index (χ0n) is 19.6. The van der Waals surface area contributed by atoms with Gasteiger partial charge < -0.3 is 10.2 Å². The van der Waals surface area contributed by atoms with Gasteiger partial charge in [-0.3, -0.25) is 0 Å². The summed E-state index contributed by atoms with van der Waals surface area (Å²) in [6.45, 7) is 8.22. The van der Waals surface area contributed by atoms with Gasteiger partial charge in [-0.25, -0.2) is 0 Å². The SMILES string of the molecule is CC(C)(C)c1ccc([Si](OCC(CCN)CSCc2ccccc2)c2ccccc2)cc1. The van der Waals surface area contributed by atoms with Gasteiger partial charge in [0.05, 0.1) is 0 Å². The second-order valence-electron chi connectivity index (χ2n) is 9.28. The molecule has 0 saturated heterocycles. The number of benzene rings is 3. The summed E-state index contributed by atoms with van der Waals surface area (Å²) in [4.78, 5) is 0. The summed E-state index contributed by atoms with van der Waals surface area (Å²) in [6.07, 6.45) is 0.995. The third-order valence-corrected chi connectivity index (χ3v) is 8.97. The van der Waals surface area contributed by atoms with Crippen LogP contribution in [0.3, 0.4) is 0 Å². The minimum Gasteiger partial charge on any atom is -0.407 e. The molecule has 0 aliphatic rings. The van der Waals surface area contributed by atoms with Gasteiger partial charge in [-0.05, 0) is 51.6 Å². The molecule has 3 rings (SSSR count). The van der Waals surface area contributed by atoms with E-state index < -0.39 is 9.04 Å². The first-order chi connectivity index (χ1) is 15.5. The Kier molecular flexibility index (Phi) is 9.61. The first-order valence-corrected chi connectivity index (χ1v) is 14.0. The predicted octanol–water partition coefficient (Wildman–Crippen LogP) is 5.00. The fraction of sp³-hybridized carbons (Fsp3) is 0.357. The summed E-state index contributed by atoms with van der Waals surface area (Å²) in [5, 5.41) is 2.60. The Bertz CT molecular complexity index is 910. The third kappa shape index (κ3) is 7.63. The topological polar surface area (TPSA) is 35.2 Å². The molecule has 3 aromatic rings. The lowest BCUT2D eigenvalue weighted by atomic mass is 9.87. The van der Waals surface area contributed by atoms with Crippen molar-refractivity contribution in [2.45, 2.75) is 38.4 Å². The average Bonchev–Trinajstić information content (AvgIpc) is 2.80. The molecule has 1 radical (unpaired) electrons. The Labute approximate surface area is 200 Å². The van der Waals surface area contributed by atoms with E-state index >= 15 is 0 Å². The van der Waals surface area contributed by atoms with Gasteiger partial charge >= 0.3 is 0 Å². The van der Waals surface area contributed by atoms with Crippen LogP contribution in [-0.4, -0.2) is 27.9 Å². The maximum Gasteiger partial charge on any atom is 0.282 e. The van der Waals surface area contributed by atoms with Gasteiger partial charge in [-0.15, -0.1) is 0 Å². The molecule has 0 fully saturated rings. The minimum atomic E-state index is -1.30. The summed E-state index contributed by atoms with van der Waals surface area (Å²) in [5.74, 6) is 2.57. The molecule has 0 bridgehead atoms. The van der Waals surface area contributed by atoms with Gasteiger partial charge in [0.2, 0.25) is 0 Å². The average molecular weight is 463 g/mol. The van der Waals surface area contributed by atoms with Gasteiger partial charge in [-0.1, -0.05) is 106 Å². The fourth-order valence-electron chi connectivity index (χ4n) is 3.61. The molecular formula is C28H36NOSSi. The Hall–Kier alpha value is -1.85. The first kappa shape index (κ1) is 24.8. The van der Waals surface area contributed by atoms with E-state index in [9.17, 15) is 0 Å². The zero-order chi connectivity index (χ0) is 22.8. The largest absolute Gasteiger partial charge is 0.407 e. The molecule has 0 saturated carbocycles. The molecule has 0 amide bonds. The molecule has 0 aliphatic carbocycles. The van der Waals surface area contributed by atoms with E-state index in [1.807, 2.05) is 11.8 Å². The second-order valence-corrected chi connectivity index (χ2v) is 12.4. The summed E-state index contributed by atoms with van der Waals surface area (Å²) in [6, 6.07) is 30.4. The third-order valence-electron chi connectivity index (χ3n) is 5.55. The predicted molar refractivity (Wildman–Crippen MR) is 142 cm³/mol. The van der Waals surface area contributed by atoms with Gasteiger partial charge in [0.25, 0.3) is 9.04 Å². The fourth-order valence-corrected chi connectivity index (χ4v) is 6.79. The summed E-state index contributed by atoms with van der Waals surface area (Å²) in [7, 11) is -1.30. The second kappa shape index (κ2) is 12.4. The molecule has 4 heteroatoms. The van der Waals surface area contributed by atoms with E-state index in [1.54, 1.807) is 0 Å². The number of hydrogen-bond donors (Lipinski definition) is 1. The van der Waals surface area contributed by atoms with Crippen molar-refractivity contribution in [1.29, 1.82) is 0 Å². The molecule has 1 atom stereocenters. The number of thioether (sulfide) groups is 1. The lowest BCUT2D eigenvalue weighted by Crippen LogP contribution is -2.46. The summed E-state index contributed by atoms with van der Waals surface area (Å²) < 4.78 is 6.69. The Morgan fingerprint density at radius 1 is 0.844 bits per heavy atom. The highest BCUT2D eigenvalue weighted by molar-refractivity contribution is 7.98. The van der Waals surface area contributed by atoms with Crippen LogP contribution in [0.25, 0.3) is 0 Å². The molecule has 0 aromatic heterocycles. The van der Waals surface area contributed by atoms with E-state index in [0.717, 1.165) is 24.5 Å². The van der Waals surface area contributed by atoms with Crippen LogP contribution in [0, 0.1) is 5.92 Å². The van der Waals surface area contributed by atoms with Crippen molar-refractivity contribution in [3.63, 3.8) is 0 Å². The van der Waals surface area contributed by atoms with E-state index in [1.165, 1.54) is 21.5 Å². The van der Waals surface area contributed by atoms with Crippen molar-refractivity contribution in [1.82, 2.24) is 0 Å². The van der Waals surface area contributed by atoms with Crippen LogP contribution in [0.15, 0.2) is 84.9 Å². The van der Waals surface area contributed by atoms with Gasteiger partial charge in [0.1, 0.15) is 0 Å². The van der Waals surface area contributed by atoms with E-state index in [-0.39, 0.29) is 5.41 Å².